The summed E-state index contributed by atoms with van der Waals surface area (Å²) in [5, 5.41) is 8.07. The van der Waals surface area contributed by atoms with E-state index in [1.54, 1.807) is 6.08 Å². The quantitative estimate of drug-likeness (QED) is 0.269. The van der Waals surface area contributed by atoms with Gasteiger partial charge in [0.15, 0.2) is 5.78 Å². The van der Waals surface area contributed by atoms with Gasteiger partial charge in [-0.15, -0.1) is 6.58 Å². The van der Waals surface area contributed by atoms with Crippen LogP contribution in [-0.4, -0.2) is 29.7 Å². The van der Waals surface area contributed by atoms with E-state index in [4.69, 9.17) is 0 Å². The number of fused-ring (bicyclic) bond motifs is 1. The van der Waals surface area contributed by atoms with Crippen molar-refractivity contribution >= 4 is 28.4 Å². The van der Waals surface area contributed by atoms with Gasteiger partial charge in [0, 0.05) is 0 Å². The first-order valence-corrected chi connectivity index (χ1v) is 12.6. The summed E-state index contributed by atoms with van der Waals surface area (Å²) in [6.07, 6.45) is 8.14. The maximum atomic E-state index is 13.2. The highest BCUT2D eigenvalue weighted by atomic mass is 16.2. The molecule has 3 atom stereocenters. The first-order valence-electron chi connectivity index (χ1n) is 12.6. The minimum absolute atomic E-state index is 0.106. The Kier molecular flexibility index (Phi) is 11.5. The zero-order valence-electron chi connectivity index (χ0n) is 20.9. The molecule has 0 aliphatic rings. The van der Waals surface area contributed by atoms with Gasteiger partial charge in [0.2, 0.25) is 11.8 Å². The zero-order chi connectivity index (χ0) is 24.9. The van der Waals surface area contributed by atoms with Crippen LogP contribution >= 0.6 is 0 Å². The number of carbonyl (C=O) groups excluding carboxylic acids is 3. The molecule has 0 aromatic heterocycles. The van der Waals surface area contributed by atoms with E-state index in [9.17, 15) is 14.4 Å². The number of rotatable bonds is 15. The van der Waals surface area contributed by atoms with Crippen molar-refractivity contribution in [1.82, 2.24) is 10.6 Å². The molecule has 0 bridgehead atoms. The Labute approximate surface area is 204 Å². The molecule has 0 unspecified atom stereocenters. The Balaban J connectivity index is 2.09. The smallest absolute Gasteiger partial charge is 0.243 e. The van der Waals surface area contributed by atoms with Crippen molar-refractivity contribution in [3.8, 4) is 0 Å². The van der Waals surface area contributed by atoms with E-state index in [-0.39, 0.29) is 23.5 Å². The molecule has 2 amide bonds. The Morgan fingerprint density at radius 1 is 0.853 bits per heavy atom. The van der Waals surface area contributed by atoms with Gasteiger partial charge in [-0.25, -0.2) is 0 Å². The van der Waals surface area contributed by atoms with Crippen molar-refractivity contribution in [3.05, 3.63) is 60.7 Å². The highest BCUT2D eigenvalue weighted by molar-refractivity contribution is 5.93. The Morgan fingerprint density at radius 3 is 2.18 bits per heavy atom. The molecule has 5 heteroatoms. The number of hydrogen-bond donors (Lipinski definition) is 2. The minimum Gasteiger partial charge on any atom is -0.344 e. The first-order chi connectivity index (χ1) is 16.4. The molecule has 5 nitrogen and oxygen atoms in total. The van der Waals surface area contributed by atoms with Crippen molar-refractivity contribution in [2.24, 2.45) is 5.92 Å². The largest absolute Gasteiger partial charge is 0.344 e. The van der Waals surface area contributed by atoms with Crippen LogP contribution in [0.25, 0.3) is 10.8 Å². The molecule has 0 heterocycles. The normalized spacial score (nSPS) is 13.6. The average molecular weight is 465 g/mol. The van der Waals surface area contributed by atoms with E-state index in [2.05, 4.69) is 30.2 Å². The van der Waals surface area contributed by atoms with E-state index in [0.29, 0.717) is 12.8 Å². The maximum Gasteiger partial charge on any atom is 0.243 e. The van der Waals surface area contributed by atoms with Gasteiger partial charge in [-0.05, 0) is 42.5 Å². The molecule has 34 heavy (non-hydrogen) atoms. The maximum absolute atomic E-state index is 13.2. The molecular formula is C29H40N2O3. The highest BCUT2D eigenvalue weighted by Gasteiger charge is 2.27. The van der Waals surface area contributed by atoms with E-state index in [0.717, 1.165) is 54.9 Å². The number of hydrogen-bond acceptors (Lipinski definition) is 3. The molecule has 0 aliphatic heterocycles. The monoisotopic (exact) mass is 464 g/mol. The van der Waals surface area contributed by atoms with Crippen LogP contribution in [0.15, 0.2) is 55.1 Å². The van der Waals surface area contributed by atoms with Gasteiger partial charge in [-0.2, -0.15) is 0 Å². The van der Waals surface area contributed by atoms with E-state index < -0.39 is 12.1 Å². The van der Waals surface area contributed by atoms with Crippen molar-refractivity contribution in [2.45, 2.75) is 84.2 Å². The van der Waals surface area contributed by atoms with Crippen LogP contribution in [0.4, 0.5) is 0 Å². The number of nitrogens with one attached hydrogen (secondary N) is 2. The molecular weight excluding hydrogens is 424 g/mol. The predicted octanol–water partition coefficient (Wildman–Crippen LogP) is 5.51. The number of Topliss-reactive ketones (excluding diaryl/α,β-unsaturated/α-hetero) is 1. The fourth-order valence-electron chi connectivity index (χ4n) is 4.10. The van der Waals surface area contributed by atoms with Crippen LogP contribution in [0.5, 0.6) is 0 Å². The van der Waals surface area contributed by atoms with Crippen molar-refractivity contribution in [1.29, 1.82) is 0 Å². The molecule has 2 aromatic carbocycles. The Morgan fingerprint density at radius 2 is 1.53 bits per heavy atom. The molecule has 0 radical (unpaired) electrons. The van der Waals surface area contributed by atoms with Crippen molar-refractivity contribution in [3.63, 3.8) is 0 Å². The summed E-state index contributed by atoms with van der Waals surface area (Å²) < 4.78 is 0. The van der Waals surface area contributed by atoms with Crippen molar-refractivity contribution < 1.29 is 14.4 Å². The fraction of sp³-hybridized carbons (Fsp3) is 0.483. The number of unbranched alkanes of at least 4 members (excludes halogenated alkanes) is 3. The van der Waals surface area contributed by atoms with E-state index >= 15 is 0 Å². The number of ketones is 1. The molecule has 2 N–H and O–H groups in total. The van der Waals surface area contributed by atoms with Crippen LogP contribution < -0.4 is 10.6 Å². The average Bonchev–Trinajstić information content (AvgIpc) is 2.83. The van der Waals surface area contributed by atoms with Gasteiger partial charge < -0.3 is 10.6 Å². The molecule has 184 valence electrons. The number of carbonyl (C=O) groups is 3. The Hall–Kier alpha value is -2.95. The summed E-state index contributed by atoms with van der Waals surface area (Å²) in [4.78, 5) is 38.4. The van der Waals surface area contributed by atoms with E-state index in [1.807, 2.05) is 43.3 Å². The third-order valence-electron chi connectivity index (χ3n) is 6.28. The lowest BCUT2D eigenvalue weighted by molar-refractivity contribution is -0.132. The topological polar surface area (TPSA) is 75.3 Å². The number of amides is 2. The standard InChI is InChI=1S/C29H40N2O3/c1-5-8-10-13-23(7-3)28(33)30-26(16-9-6-2)29(34)31-27(21(4)32)20-22-17-18-24-14-11-12-15-25(24)19-22/h7,11-12,14-15,17-19,23,26-27H,3,5-6,8-10,13,16,20H2,1-2,4H3,(H,30,33)(H,31,34)/t23-,26+,27-/m0/s1. The molecule has 0 saturated carbocycles. The van der Waals surface area contributed by atoms with Gasteiger partial charge in [-0.3, -0.25) is 14.4 Å². The van der Waals surface area contributed by atoms with Gasteiger partial charge in [0.1, 0.15) is 6.04 Å². The highest BCUT2D eigenvalue weighted by Crippen LogP contribution is 2.17. The first kappa shape index (κ1) is 27.3. The summed E-state index contributed by atoms with van der Waals surface area (Å²) in [7, 11) is 0. The third kappa shape index (κ3) is 8.44. The molecule has 0 fully saturated rings. The summed E-state index contributed by atoms with van der Waals surface area (Å²) in [5.74, 6) is -0.897. The summed E-state index contributed by atoms with van der Waals surface area (Å²) >= 11 is 0. The third-order valence-corrected chi connectivity index (χ3v) is 6.28. The van der Waals surface area contributed by atoms with Gasteiger partial charge in [-0.1, -0.05) is 94.5 Å². The molecule has 2 aromatic rings. The van der Waals surface area contributed by atoms with Gasteiger partial charge in [0.25, 0.3) is 0 Å². The second kappa shape index (κ2) is 14.3. The summed E-state index contributed by atoms with van der Waals surface area (Å²) in [5.41, 5.74) is 0.982. The van der Waals surface area contributed by atoms with Gasteiger partial charge in [0.05, 0.1) is 12.0 Å². The van der Waals surface area contributed by atoms with Crippen LogP contribution in [0.2, 0.25) is 0 Å². The van der Waals surface area contributed by atoms with Crippen LogP contribution in [0.3, 0.4) is 0 Å². The predicted molar refractivity (Wildman–Crippen MR) is 140 cm³/mol. The zero-order valence-corrected chi connectivity index (χ0v) is 20.9. The molecule has 0 spiro atoms. The molecule has 2 rings (SSSR count). The lowest BCUT2D eigenvalue weighted by Crippen LogP contribution is -2.52. The SMILES string of the molecule is C=C[C@@H](CCCCC)C(=O)N[C@H](CCCC)C(=O)N[C@@H](Cc1ccc2ccccc2c1)C(C)=O. The van der Waals surface area contributed by atoms with E-state index in [1.165, 1.54) is 6.92 Å². The minimum atomic E-state index is -0.667. The lowest BCUT2D eigenvalue weighted by Gasteiger charge is -2.24. The second-order valence-electron chi connectivity index (χ2n) is 9.10. The lowest BCUT2D eigenvalue weighted by atomic mass is 9.98. The summed E-state index contributed by atoms with van der Waals surface area (Å²) in [6.45, 7) is 9.47. The Bertz CT molecular complexity index is 969. The van der Waals surface area contributed by atoms with Crippen molar-refractivity contribution in [2.75, 3.05) is 0 Å². The summed E-state index contributed by atoms with van der Waals surface area (Å²) in [6, 6.07) is 12.8. The molecule has 0 aliphatic carbocycles. The van der Waals surface area contributed by atoms with Crippen LogP contribution in [0, 0.1) is 5.92 Å². The molecule has 0 saturated heterocycles. The number of benzene rings is 2. The fourth-order valence-corrected chi connectivity index (χ4v) is 4.10. The second-order valence-corrected chi connectivity index (χ2v) is 9.10. The van der Waals surface area contributed by atoms with Crippen LogP contribution in [0.1, 0.15) is 71.3 Å². The van der Waals surface area contributed by atoms with Gasteiger partial charge >= 0.3 is 0 Å². The van der Waals surface area contributed by atoms with Crippen LogP contribution in [-0.2, 0) is 20.8 Å².